The van der Waals surface area contributed by atoms with Gasteiger partial charge in [0.25, 0.3) is 0 Å². The van der Waals surface area contributed by atoms with Gasteiger partial charge in [0, 0.05) is 32.1 Å². The Hall–Kier alpha value is -1.51. The molecule has 8 heteroatoms. The van der Waals surface area contributed by atoms with Crippen molar-refractivity contribution in [1.82, 2.24) is 14.5 Å². The number of piperazine rings is 1. The summed E-state index contributed by atoms with van der Waals surface area (Å²) in [6, 6.07) is 10.1. The fourth-order valence-electron chi connectivity index (χ4n) is 2.82. The van der Waals surface area contributed by atoms with E-state index in [1.54, 1.807) is 15.6 Å². The summed E-state index contributed by atoms with van der Waals surface area (Å²) in [4.78, 5) is 2.12. The van der Waals surface area contributed by atoms with E-state index in [2.05, 4.69) is 27.2 Å². The third kappa shape index (κ3) is 3.88. The SMILES string of the molecule is C[C@H]1CN(c2nnc(Cc3ccccc3)s2)CCN1S(C)(=O)=O. The molecule has 0 amide bonds. The molecule has 1 aliphatic rings. The first-order chi connectivity index (χ1) is 10.9. The molecule has 0 spiro atoms. The summed E-state index contributed by atoms with van der Waals surface area (Å²) < 4.78 is 25.0. The van der Waals surface area contributed by atoms with Crippen molar-refractivity contribution < 1.29 is 8.42 Å². The fourth-order valence-corrected chi connectivity index (χ4v) is 4.86. The maximum absolute atomic E-state index is 11.7. The van der Waals surface area contributed by atoms with Crippen molar-refractivity contribution in [3.8, 4) is 0 Å². The van der Waals surface area contributed by atoms with Crippen molar-refractivity contribution in [2.24, 2.45) is 0 Å². The summed E-state index contributed by atoms with van der Waals surface area (Å²) in [6.45, 7) is 3.72. The van der Waals surface area contributed by atoms with Crippen molar-refractivity contribution >= 4 is 26.5 Å². The van der Waals surface area contributed by atoms with Crippen LogP contribution in [0.4, 0.5) is 5.13 Å². The Bertz CT molecular complexity index is 761. The molecule has 1 saturated heterocycles. The standard InChI is InChI=1S/C15H20N4O2S2/c1-12-11-18(8-9-19(12)23(2,20)21)15-17-16-14(22-15)10-13-6-4-3-5-7-13/h3-7,12H,8-11H2,1-2H3/t12-/m0/s1. The van der Waals surface area contributed by atoms with Crippen molar-refractivity contribution in [3.63, 3.8) is 0 Å². The van der Waals surface area contributed by atoms with Gasteiger partial charge in [0.1, 0.15) is 5.01 Å². The average molecular weight is 352 g/mol. The molecule has 2 aromatic rings. The zero-order chi connectivity index (χ0) is 16.4. The Morgan fingerprint density at radius 2 is 1.96 bits per heavy atom. The molecular weight excluding hydrogens is 332 g/mol. The molecule has 6 nitrogen and oxygen atoms in total. The molecule has 1 aromatic heterocycles. The van der Waals surface area contributed by atoms with Crippen LogP contribution in [0.25, 0.3) is 0 Å². The summed E-state index contributed by atoms with van der Waals surface area (Å²) >= 11 is 1.58. The molecule has 1 atom stereocenters. The summed E-state index contributed by atoms with van der Waals surface area (Å²) in [5.74, 6) is 0. The smallest absolute Gasteiger partial charge is 0.211 e. The number of nitrogens with zero attached hydrogens (tertiary/aromatic N) is 4. The fraction of sp³-hybridized carbons (Fsp3) is 0.467. The van der Waals surface area contributed by atoms with Crippen LogP contribution in [0.2, 0.25) is 0 Å². The minimum atomic E-state index is -3.14. The van der Waals surface area contributed by atoms with Crippen LogP contribution in [0.1, 0.15) is 17.5 Å². The second kappa shape index (κ2) is 6.54. The van der Waals surface area contributed by atoms with E-state index in [1.165, 1.54) is 11.8 Å². The largest absolute Gasteiger partial charge is 0.344 e. The zero-order valence-corrected chi connectivity index (χ0v) is 14.8. The van der Waals surface area contributed by atoms with Gasteiger partial charge in [-0.3, -0.25) is 0 Å². The predicted octanol–water partition coefficient (Wildman–Crippen LogP) is 1.60. The van der Waals surface area contributed by atoms with Crippen LogP contribution in [0.15, 0.2) is 30.3 Å². The molecule has 1 fully saturated rings. The molecule has 0 unspecified atom stereocenters. The second-order valence-corrected chi connectivity index (χ2v) is 8.79. The van der Waals surface area contributed by atoms with Gasteiger partial charge < -0.3 is 4.90 Å². The molecule has 0 N–H and O–H groups in total. The maximum Gasteiger partial charge on any atom is 0.211 e. The Morgan fingerprint density at radius 3 is 2.61 bits per heavy atom. The highest BCUT2D eigenvalue weighted by molar-refractivity contribution is 7.88. The highest BCUT2D eigenvalue weighted by Gasteiger charge is 2.31. The number of hydrogen-bond donors (Lipinski definition) is 0. The summed E-state index contributed by atoms with van der Waals surface area (Å²) in [7, 11) is -3.14. The Kier molecular flexibility index (Phi) is 4.65. The number of sulfonamides is 1. The van der Waals surface area contributed by atoms with E-state index >= 15 is 0 Å². The molecule has 2 heterocycles. The number of anilines is 1. The van der Waals surface area contributed by atoms with E-state index in [1.807, 2.05) is 25.1 Å². The third-order valence-electron chi connectivity index (χ3n) is 3.92. The molecule has 0 bridgehead atoms. The van der Waals surface area contributed by atoms with Crippen molar-refractivity contribution in [3.05, 3.63) is 40.9 Å². The van der Waals surface area contributed by atoms with E-state index in [-0.39, 0.29) is 6.04 Å². The molecule has 0 saturated carbocycles. The topological polar surface area (TPSA) is 66.4 Å². The van der Waals surface area contributed by atoms with Gasteiger partial charge in [0.2, 0.25) is 15.2 Å². The normalized spacial score (nSPS) is 19.9. The zero-order valence-electron chi connectivity index (χ0n) is 13.2. The van der Waals surface area contributed by atoms with Gasteiger partial charge in [0.05, 0.1) is 6.26 Å². The molecule has 0 radical (unpaired) electrons. The molecule has 124 valence electrons. The van der Waals surface area contributed by atoms with Crippen LogP contribution in [-0.4, -0.2) is 54.9 Å². The van der Waals surface area contributed by atoms with Crippen LogP contribution in [0.3, 0.4) is 0 Å². The lowest BCUT2D eigenvalue weighted by Crippen LogP contribution is -2.53. The monoisotopic (exact) mass is 352 g/mol. The Morgan fingerprint density at radius 1 is 1.22 bits per heavy atom. The van der Waals surface area contributed by atoms with Gasteiger partial charge in [-0.15, -0.1) is 10.2 Å². The summed E-state index contributed by atoms with van der Waals surface area (Å²) in [5, 5.41) is 10.4. The van der Waals surface area contributed by atoms with Crippen LogP contribution in [0, 0.1) is 0 Å². The van der Waals surface area contributed by atoms with E-state index in [0.29, 0.717) is 19.6 Å². The number of rotatable bonds is 4. The van der Waals surface area contributed by atoms with Crippen molar-refractivity contribution in [2.75, 3.05) is 30.8 Å². The van der Waals surface area contributed by atoms with Crippen LogP contribution in [0.5, 0.6) is 0 Å². The molecule has 23 heavy (non-hydrogen) atoms. The summed E-state index contributed by atoms with van der Waals surface area (Å²) in [5.41, 5.74) is 1.21. The number of hydrogen-bond acceptors (Lipinski definition) is 6. The number of benzene rings is 1. The highest BCUT2D eigenvalue weighted by atomic mass is 32.2. The third-order valence-corrected chi connectivity index (χ3v) is 6.30. The number of aromatic nitrogens is 2. The van der Waals surface area contributed by atoms with Gasteiger partial charge in [-0.2, -0.15) is 4.31 Å². The summed E-state index contributed by atoms with van der Waals surface area (Å²) in [6.07, 6.45) is 2.04. The lowest BCUT2D eigenvalue weighted by molar-refractivity contribution is 0.308. The lowest BCUT2D eigenvalue weighted by Gasteiger charge is -2.37. The Labute approximate surface area is 140 Å². The lowest BCUT2D eigenvalue weighted by atomic mass is 10.2. The van der Waals surface area contributed by atoms with Gasteiger partial charge in [-0.25, -0.2) is 8.42 Å². The second-order valence-electron chi connectivity index (χ2n) is 5.81. The predicted molar refractivity (Wildman–Crippen MR) is 92.4 cm³/mol. The van der Waals surface area contributed by atoms with Crippen molar-refractivity contribution in [2.45, 2.75) is 19.4 Å². The van der Waals surface area contributed by atoms with Crippen molar-refractivity contribution in [1.29, 1.82) is 0 Å². The minimum Gasteiger partial charge on any atom is -0.344 e. The quantitative estimate of drug-likeness (QED) is 0.836. The minimum absolute atomic E-state index is 0.0553. The highest BCUT2D eigenvalue weighted by Crippen LogP contribution is 2.25. The van der Waals surface area contributed by atoms with Crippen LogP contribution < -0.4 is 4.90 Å². The molecular formula is C15H20N4O2S2. The van der Waals surface area contributed by atoms with E-state index < -0.39 is 10.0 Å². The van der Waals surface area contributed by atoms with Crippen LogP contribution in [-0.2, 0) is 16.4 Å². The van der Waals surface area contributed by atoms with Gasteiger partial charge in [0.15, 0.2) is 0 Å². The van der Waals surface area contributed by atoms with Gasteiger partial charge in [-0.05, 0) is 12.5 Å². The van der Waals surface area contributed by atoms with Gasteiger partial charge in [-0.1, -0.05) is 41.7 Å². The van der Waals surface area contributed by atoms with Gasteiger partial charge >= 0.3 is 0 Å². The maximum atomic E-state index is 11.7. The molecule has 3 rings (SSSR count). The first-order valence-corrected chi connectivity index (χ1v) is 10.2. The molecule has 1 aromatic carbocycles. The van der Waals surface area contributed by atoms with E-state index in [4.69, 9.17) is 0 Å². The van der Waals surface area contributed by atoms with E-state index in [0.717, 1.165) is 16.6 Å². The Balaban J connectivity index is 1.67. The molecule has 0 aliphatic carbocycles. The molecule has 1 aliphatic heterocycles. The first kappa shape index (κ1) is 16.4. The average Bonchev–Trinajstić information content (AvgIpc) is 2.95. The van der Waals surface area contributed by atoms with E-state index in [9.17, 15) is 8.42 Å². The van der Waals surface area contributed by atoms with Crippen LogP contribution >= 0.6 is 11.3 Å². The first-order valence-electron chi connectivity index (χ1n) is 7.51.